The number of nitrogens with one attached hydrogen (secondary N) is 1. The van der Waals surface area contributed by atoms with Crippen molar-refractivity contribution in [2.24, 2.45) is 5.92 Å². The number of thiophene rings is 1. The Morgan fingerprint density at radius 3 is 2.60 bits per heavy atom. The number of aromatic nitrogens is 2. The van der Waals surface area contributed by atoms with E-state index in [1.54, 1.807) is 28.3 Å². The second-order valence-corrected chi connectivity index (χ2v) is 6.44. The Bertz CT molecular complexity index is 557. The zero-order chi connectivity index (χ0) is 14.7. The molecule has 2 heterocycles. The van der Waals surface area contributed by atoms with E-state index in [1.165, 1.54) is 4.88 Å². The van der Waals surface area contributed by atoms with Crippen molar-refractivity contribution in [2.45, 2.75) is 39.8 Å². The molecule has 0 unspecified atom stereocenters. The number of amides is 1. The molecule has 0 saturated heterocycles. The van der Waals surface area contributed by atoms with Crippen molar-refractivity contribution >= 4 is 17.2 Å². The van der Waals surface area contributed by atoms with Crippen LogP contribution >= 0.6 is 11.3 Å². The van der Waals surface area contributed by atoms with E-state index >= 15 is 0 Å². The van der Waals surface area contributed by atoms with E-state index < -0.39 is 0 Å². The van der Waals surface area contributed by atoms with E-state index in [9.17, 15) is 4.79 Å². The molecule has 0 saturated carbocycles. The minimum absolute atomic E-state index is 0.0398. The Morgan fingerprint density at radius 1 is 1.30 bits per heavy atom. The van der Waals surface area contributed by atoms with Crippen molar-refractivity contribution in [3.05, 3.63) is 40.3 Å². The molecule has 108 valence electrons. The van der Waals surface area contributed by atoms with Gasteiger partial charge in [0, 0.05) is 17.1 Å². The number of carbonyl (C=O) groups excluding carboxylic acids is 1. The maximum atomic E-state index is 12.5. The number of hydrogen-bond donors (Lipinski definition) is 1. The minimum Gasteiger partial charge on any atom is -0.343 e. The van der Waals surface area contributed by atoms with Gasteiger partial charge >= 0.3 is 0 Å². The highest BCUT2D eigenvalue weighted by molar-refractivity contribution is 7.10. The molecule has 0 aliphatic carbocycles. The quantitative estimate of drug-likeness (QED) is 0.914. The van der Waals surface area contributed by atoms with E-state index in [0.717, 1.165) is 0 Å². The van der Waals surface area contributed by atoms with Crippen LogP contribution in [0, 0.1) is 5.92 Å². The summed E-state index contributed by atoms with van der Waals surface area (Å²) in [5.74, 6) is 0.274. The van der Waals surface area contributed by atoms with E-state index in [1.807, 2.05) is 25.3 Å². The van der Waals surface area contributed by atoms with Crippen molar-refractivity contribution in [3.63, 3.8) is 0 Å². The van der Waals surface area contributed by atoms with Crippen molar-refractivity contribution < 1.29 is 4.79 Å². The molecule has 2 rings (SSSR count). The van der Waals surface area contributed by atoms with Crippen LogP contribution in [0.15, 0.2) is 29.8 Å². The van der Waals surface area contributed by atoms with Gasteiger partial charge in [0.1, 0.15) is 5.69 Å². The molecule has 2 aromatic rings. The standard InChI is InChI=1S/C15H21N3OS/c1-10(2)14(13-6-5-9-20-13)17-15(19)12-7-8-16-18(12)11(3)4/h5-11,14H,1-4H3,(H,17,19)/t14-/m0/s1. The van der Waals surface area contributed by atoms with Gasteiger partial charge in [0.25, 0.3) is 5.91 Å². The SMILES string of the molecule is CC(C)[C@H](NC(=O)c1ccnn1C(C)C)c1cccs1. The molecular weight excluding hydrogens is 270 g/mol. The maximum Gasteiger partial charge on any atom is 0.270 e. The van der Waals surface area contributed by atoms with Gasteiger partial charge in [0.15, 0.2) is 0 Å². The molecule has 0 aromatic carbocycles. The minimum atomic E-state index is -0.0664. The average molecular weight is 291 g/mol. The van der Waals surface area contributed by atoms with Crippen molar-refractivity contribution in [1.82, 2.24) is 15.1 Å². The first-order valence-electron chi connectivity index (χ1n) is 6.88. The van der Waals surface area contributed by atoms with Crippen LogP contribution in [0.25, 0.3) is 0 Å². The van der Waals surface area contributed by atoms with Crippen LogP contribution in [0.3, 0.4) is 0 Å². The molecule has 0 aliphatic rings. The molecule has 0 aliphatic heterocycles. The zero-order valence-corrected chi connectivity index (χ0v) is 13.1. The molecule has 20 heavy (non-hydrogen) atoms. The topological polar surface area (TPSA) is 46.9 Å². The largest absolute Gasteiger partial charge is 0.343 e. The maximum absolute atomic E-state index is 12.5. The summed E-state index contributed by atoms with van der Waals surface area (Å²) < 4.78 is 1.75. The van der Waals surface area contributed by atoms with Gasteiger partial charge in [-0.15, -0.1) is 11.3 Å². The Morgan fingerprint density at radius 2 is 2.05 bits per heavy atom. The monoisotopic (exact) mass is 291 g/mol. The lowest BCUT2D eigenvalue weighted by Crippen LogP contribution is -2.33. The highest BCUT2D eigenvalue weighted by Gasteiger charge is 2.22. The predicted molar refractivity (Wildman–Crippen MR) is 82.0 cm³/mol. The van der Waals surface area contributed by atoms with Gasteiger partial charge in [-0.2, -0.15) is 5.10 Å². The average Bonchev–Trinajstić information content (AvgIpc) is 3.05. The number of nitrogens with zero attached hydrogens (tertiary/aromatic N) is 2. The van der Waals surface area contributed by atoms with E-state index in [0.29, 0.717) is 11.6 Å². The van der Waals surface area contributed by atoms with Crippen molar-refractivity contribution in [2.75, 3.05) is 0 Å². The lowest BCUT2D eigenvalue weighted by Gasteiger charge is -2.22. The first-order chi connectivity index (χ1) is 9.50. The van der Waals surface area contributed by atoms with Crippen LogP contribution in [0.4, 0.5) is 0 Å². The third kappa shape index (κ3) is 3.10. The molecule has 1 atom stereocenters. The fourth-order valence-corrected chi connectivity index (χ4v) is 3.10. The molecule has 0 bridgehead atoms. The normalized spacial score (nSPS) is 12.9. The van der Waals surface area contributed by atoms with E-state index in [4.69, 9.17) is 0 Å². The lowest BCUT2D eigenvalue weighted by molar-refractivity contribution is 0.0913. The highest BCUT2D eigenvalue weighted by atomic mass is 32.1. The van der Waals surface area contributed by atoms with Gasteiger partial charge in [-0.3, -0.25) is 9.48 Å². The summed E-state index contributed by atoms with van der Waals surface area (Å²) in [5, 5.41) is 9.37. The molecule has 0 spiro atoms. The van der Waals surface area contributed by atoms with E-state index in [-0.39, 0.29) is 18.0 Å². The second kappa shape index (κ2) is 6.22. The molecule has 5 heteroatoms. The fourth-order valence-electron chi connectivity index (χ4n) is 2.16. The second-order valence-electron chi connectivity index (χ2n) is 5.47. The number of rotatable bonds is 5. The van der Waals surface area contributed by atoms with Crippen LogP contribution in [0.2, 0.25) is 0 Å². The number of hydrogen-bond acceptors (Lipinski definition) is 3. The fraction of sp³-hybridized carbons (Fsp3) is 0.467. The van der Waals surface area contributed by atoms with Crippen LogP contribution < -0.4 is 5.32 Å². The van der Waals surface area contributed by atoms with Gasteiger partial charge in [-0.1, -0.05) is 19.9 Å². The first kappa shape index (κ1) is 14.8. The Balaban J connectivity index is 2.19. The third-order valence-corrected chi connectivity index (χ3v) is 4.15. The van der Waals surface area contributed by atoms with E-state index in [2.05, 4.69) is 30.3 Å². The van der Waals surface area contributed by atoms with Crippen molar-refractivity contribution in [3.8, 4) is 0 Å². The van der Waals surface area contributed by atoms with Gasteiger partial charge in [0.05, 0.1) is 6.04 Å². The molecule has 1 amide bonds. The third-order valence-electron chi connectivity index (χ3n) is 3.20. The molecule has 0 radical (unpaired) electrons. The summed E-state index contributed by atoms with van der Waals surface area (Å²) in [6.07, 6.45) is 1.67. The van der Waals surface area contributed by atoms with Gasteiger partial charge in [-0.25, -0.2) is 0 Å². The summed E-state index contributed by atoms with van der Waals surface area (Å²) in [7, 11) is 0. The first-order valence-corrected chi connectivity index (χ1v) is 7.76. The van der Waals surface area contributed by atoms with Crippen LogP contribution in [-0.4, -0.2) is 15.7 Å². The van der Waals surface area contributed by atoms with Gasteiger partial charge in [-0.05, 0) is 37.3 Å². The summed E-state index contributed by atoms with van der Waals surface area (Å²) in [5.41, 5.74) is 0.613. The predicted octanol–water partition coefficient (Wildman–Crippen LogP) is 3.65. The Hall–Kier alpha value is -1.62. The van der Waals surface area contributed by atoms with Crippen LogP contribution in [-0.2, 0) is 0 Å². The zero-order valence-electron chi connectivity index (χ0n) is 12.3. The van der Waals surface area contributed by atoms with Crippen LogP contribution in [0.1, 0.15) is 55.1 Å². The van der Waals surface area contributed by atoms with Gasteiger partial charge in [0.2, 0.25) is 0 Å². The Labute approximate surface area is 123 Å². The number of carbonyl (C=O) groups is 1. The molecular formula is C15H21N3OS. The smallest absolute Gasteiger partial charge is 0.270 e. The summed E-state index contributed by atoms with van der Waals surface area (Å²) in [4.78, 5) is 13.7. The highest BCUT2D eigenvalue weighted by Crippen LogP contribution is 2.26. The summed E-state index contributed by atoms with van der Waals surface area (Å²) in [6.45, 7) is 8.26. The van der Waals surface area contributed by atoms with Gasteiger partial charge < -0.3 is 5.32 Å². The van der Waals surface area contributed by atoms with Crippen molar-refractivity contribution in [1.29, 1.82) is 0 Å². The Kier molecular flexibility index (Phi) is 4.60. The molecule has 4 nitrogen and oxygen atoms in total. The van der Waals surface area contributed by atoms with Crippen LogP contribution in [0.5, 0.6) is 0 Å². The summed E-state index contributed by atoms with van der Waals surface area (Å²) in [6, 6.07) is 6.05. The lowest BCUT2D eigenvalue weighted by atomic mass is 10.0. The molecule has 1 N–H and O–H groups in total. The molecule has 0 fully saturated rings. The molecule has 2 aromatic heterocycles. The summed E-state index contributed by atoms with van der Waals surface area (Å²) >= 11 is 1.67.